The van der Waals surface area contributed by atoms with Gasteiger partial charge in [0.1, 0.15) is 6.61 Å². The molecule has 0 aliphatic carbocycles. The van der Waals surface area contributed by atoms with E-state index < -0.39 is 0 Å². The van der Waals surface area contributed by atoms with Crippen LogP contribution in [0.15, 0.2) is 124 Å². The van der Waals surface area contributed by atoms with Crippen LogP contribution >= 0.6 is 27.7 Å². The molecule has 8 rings (SSSR count). The minimum atomic E-state index is -0.177. The van der Waals surface area contributed by atoms with E-state index in [1.807, 2.05) is 18.2 Å². The van der Waals surface area contributed by atoms with E-state index in [1.165, 1.54) is 45.3 Å². The average Bonchev–Trinajstić information content (AvgIpc) is 3.49. The van der Waals surface area contributed by atoms with Gasteiger partial charge in [0.05, 0.1) is 22.2 Å². The first-order valence-corrected chi connectivity index (χ1v) is 18.9. The standard InChI is InChI=1S/C43H38BrN3O3S/c1-27-13-15-28(16-14-27)26-50-41-37(44)21-29(22-38(41)49-2)23-39-42(48)46-43(51-39)45-32-24-35-33(30-9-5-3-6-10-30)17-19-47-20-18-34(36(25-32)40(35)47)31-11-7-4-8-12-31/h3-16,21-25,33-34H,17-20,26H2,1-2H3,(H,45,46,48)/b39-23-/t33-,34-/m1/s1. The van der Waals surface area contributed by atoms with Crippen LogP contribution in [0.25, 0.3) is 6.08 Å². The number of halogens is 1. The summed E-state index contributed by atoms with van der Waals surface area (Å²) in [5, 5.41) is 3.59. The van der Waals surface area contributed by atoms with Gasteiger partial charge in [0.25, 0.3) is 5.91 Å². The molecule has 51 heavy (non-hydrogen) atoms. The second-order valence-corrected chi connectivity index (χ2v) is 15.1. The van der Waals surface area contributed by atoms with Gasteiger partial charge in [0, 0.05) is 30.6 Å². The Morgan fingerprint density at radius 1 is 0.882 bits per heavy atom. The number of amides is 1. The first-order valence-electron chi connectivity index (χ1n) is 17.3. The van der Waals surface area contributed by atoms with Gasteiger partial charge in [-0.1, -0.05) is 90.5 Å². The van der Waals surface area contributed by atoms with Crippen LogP contribution in [0.3, 0.4) is 0 Å². The van der Waals surface area contributed by atoms with E-state index in [-0.39, 0.29) is 17.7 Å². The highest BCUT2D eigenvalue weighted by Crippen LogP contribution is 2.50. The maximum Gasteiger partial charge on any atom is 0.264 e. The monoisotopic (exact) mass is 755 g/mol. The van der Waals surface area contributed by atoms with Crippen molar-refractivity contribution in [1.82, 2.24) is 5.32 Å². The molecule has 8 heteroatoms. The van der Waals surface area contributed by atoms with Gasteiger partial charge in [-0.15, -0.1) is 0 Å². The second kappa shape index (κ2) is 14.4. The Morgan fingerprint density at radius 2 is 1.51 bits per heavy atom. The molecule has 3 heterocycles. The summed E-state index contributed by atoms with van der Waals surface area (Å²) in [6.45, 7) is 4.55. The Hall–Kier alpha value is -4.79. The van der Waals surface area contributed by atoms with Crippen molar-refractivity contribution in [2.24, 2.45) is 4.99 Å². The van der Waals surface area contributed by atoms with Crippen molar-refractivity contribution in [3.63, 3.8) is 0 Å². The molecule has 1 amide bonds. The van der Waals surface area contributed by atoms with Crippen LogP contribution in [-0.4, -0.2) is 31.3 Å². The summed E-state index contributed by atoms with van der Waals surface area (Å²) in [6.07, 6.45) is 3.98. The lowest BCUT2D eigenvalue weighted by atomic mass is 9.76. The lowest BCUT2D eigenvalue weighted by Gasteiger charge is -2.43. The third-order valence-corrected chi connectivity index (χ3v) is 11.4. The molecule has 1 fully saturated rings. The number of hydrogen-bond donors (Lipinski definition) is 1. The molecule has 5 aromatic rings. The Balaban J connectivity index is 1.11. The molecule has 0 aromatic heterocycles. The van der Waals surface area contributed by atoms with Crippen molar-refractivity contribution in [3.8, 4) is 11.5 Å². The maximum absolute atomic E-state index is 13.3. The topological polar surface area (TPSA) is 63.2 Å². The number of ether oxygens (including phenoxy) is 2. The van der Waals surface area contributed by atoms with Gasteiger partial charge in [0.2, 0.25) is 0 Å². The molecule has 0 bridgehead atoms. The highest BCUT2D eigenvalue weighted by atomic mass is 79.9. The molecule has 256 valence electrons. The minimum absolute atomic E-state index is 0.177. The molecule has 0 radical (unpaired) electrons. The Morgan fingerprint density at radius 3 is 2.12 bits per heavy atom. The number of amidine groups is 1. The zero-order valence-corrected chi connectivity index (χ0v) is 31.0. The summed E-state index contributed by atoms with van der Waals surface area (Å²) < 4.78 is 12.6. The summed E-state index contributed by atoms with van der Waals surface area (Å²) in [4.78, 5) is 21.5. The fourth-order valence-corrected chi connectivity index (χ4v) is 8.87. The number of anilines is 1. The van der Waals surface area contributed by atoms with Crippen molar-refractivity contribution >= 4 is 56.2 Å². The number of aliphatic imine (C=N–C) groups is 1. The minimum Gasteiger partial charge on any atom is -0.493 e. The number of hydrogen-bond acceptors (Lipinski definition) is 6. The van der Waals surface area contributed by atoms with Gasteiger partial charge >= 0.3 is 0 Å². The normalized spacial score (nSPS) is 19.6. The zero-order valence-electron chi connectivity index (χ0n) is 28.6. The Kier molecular flexibility index (Phi) is 9.45. The number of nitrogens with zero attached hydrogens (tertiary/aromatic N) is 2. The van der Waals surface area contributed by atoms with E-state index in [2.05, 4.69) is 130 Å². The molecule has 0 unspecified atom stereocenters. The molecule has 3 aliphatic rings. The fraction of sp³-hybridized carbons (Fsp3) is 0.209. The van der Waals surface area contributed by atoms with Crippen LogP contribution in [0.1, 0.15) is 63.6 Å². The van der Waals surface area contributed by atoms with E-state index in [9.17, 15) is 4.79 Å². The zero-order chi connectivity index (χ0) is 34.9. The average molecular weight is 757 g/mol. The first-order chi connectivity index (χ1) is 24.9. The van der Waals surface area contributed by atoms with E-state index in [0.29, 0.717) is 28.2 Å². The number of rotatable bonds is 8. The first kappa shape index (κ1) is 33.4. The molecular formula is C43H38BrN3O3S. The number of aryl methyl sites for hydroxylation is 1. The smallest absolute Gasteiger partial charge is 0.264 e. The van der Waals surface area contributed by atoms with Crippen LogP contribution in [0.4, 0.5) is 11.4 Å². The van der Waals surface area contributed by atoms with Gasteiger partial charge < -0.3 is 19.7 Å². The van der Waals surface area contributed by atoms with Gasteiger partial charge in [-0.3, -0.25) is 4.79 Å². The predicted octanol–water partition coefficient (Wildman–Crippen LogP) is 10.1. The van der Waals surface area contributed by atoms with Crippen molar-refractivity contribution in [2.45, 2.75) is 38.2 Å². The maximum atomic E-state index is 13.3. The molecule has 1 saturated heterocycles. The number of methoxy groups -OCH3 is 1. The summed E-state index contributed by atoms with van der Waals surface area (Å²) in [5.41, 5.74) is 10.6. The van der Waals surface area contributed by atoms with E-state index in [0.717, 1.165) is 47.2 Å². The number of nitrogens with one attached hydrogen (secondary N) is 1. The van der Waals surface area contributed by atoms with Crippen molar-refractivity contribution in [1.29, 1.82) is 0 Å². The van der Waals surface area contributed by atoms with Gasteiger partial charge in [-0.05, 0) is 111 Å². The number of carbonyl (C=O) groups excluding carboxylic acids is 1. The van der Waals surface area contributed by atoms with Gasteiger partial charge in [0.15, 0.2) is 16.7 Å². The fourth-order valence-electron chi connectivity index (χ4n) is 7.46. The summed E-state index contributed by atoms with van der Waals surface area (Å²) >= 11 is 5.02. The lowest BCUT2D eigenvalue weighted by Crippen LogP contribution is -2.37. The summed E-state index contributed by atoms with van der Waals surface area (Å²) in [5.74, 6) is 1.58. The third-order valence-electron chi connectivity index (χ3n) is 9.93. The second-order valence-electron chi connectivity index (χ2n) is 13.3. The SMILES string of the molecule is COc1cc(/C=C2\SC(=Nc3cc4c5c(c3)[C@@H](c3ccccc3)CCN5CC[C@@H]4c3ccccc3)NC2=O)cc(Br)c1OCc1ccc(C)cc1. The molecule has 0 saturated carbocycles. The number of carbonyl (C=O) groups is 1. The van der Waals surface area contributed by atoms with Crippen molar-refractivity contribution in [3.05, 3.63) is 158 Å². The van der Waals surface area contributed by atoms with Crippen LogP contribution in [-0.2, 0) is 11.4 Å². The highest BCUT2D eigenvalue weighted by Gasteiger charge is 2.35. The molecule has 1 N–H and O–H groups in total. The Bertz CT molecular complexity index is 2080. The van der Waals surface area contributed by atoms with Crippen molar-refractivity contribution < 1.29 is 14.3 Å². The summed E-state index contributed by atoms with van der Waals surface area (Å²) in [6, 6.07) is 38.2. The van der Waals surface area contributed by atoms with Crippen molar-refractivity contribution in [2.75, 3.05) is 25.1 Å². The molecule has 5 aromatic carbocycles. The molecule has 2 atom stereocenters. The molecule has 6 nitrogen and oxygen atoms in total. The van der Waals surface area contributed by atoms with Gasteiger partial charge in [-0.25, -0.2) is 4.99 Å². The molecule has 3 aliphatic heterocycles. The van der Waals surface area contributed by atoms with Gasteiger partial charge in [-0.2, -0.15) is 0 Å². The predicted molar refractivity (Wildman–Crippen MR) is 211 cm³/mol. The van der Waals surface area contributed by atoms with Crippen LogP contribution in [0.5, 0.6) is 11.5 Å². The van der Waals surface area contributed by atoms with E-state index in [1.54, 1.807) is 7.11 Å². The number of thioether (sulfide) groups is 1. The third kappa shape index (κ3) is 6.95. The summed E-state index contributed by atoms with van der Waals surface area (Å²) in [7, 11) is 1.62. The molecular weight excluding hydrogens is 718 g/mol. The largest absolute Gasteiger partial charge is 0.493 e. The van der Waals surface area contributed by atoms with Crippen LogP contribution in [0.2, 0.25) is 0 Å². The van der Waals surface area contributed by atoms with E-state index >= 15 is 0 Å². The van der Waals surface area contributed by atoms with Crippen LogP contribution in [0, 0.1) is 6.92 Å². The van der Waals surface area contributed by atoms with Crippen LogP contribution < -0.4 is 19.7 Å². The highest BCUT2D eigenvalue weighted by molar-refractivity contribution is 9.10. The number of benzene rings is 5. The quantitative estimate of drug-likeness (QED) is 0.160. The lowest BCUT2D eigenvalue weighted by molar-refractivity contribution is -0.115. The molecule has 0 spiro atoms. The Labute approximate surface area is 311 Å². The van der Waals surface area contributed by atoms with E-state index in [4.69, 9.17) is 14.5 Å².